The lowest BCUT2D eigenvalue weighted by molar-refractivity contribution is -0.0438. The Morgan fingerprint density at radius 1 is 1.05 bits per heavy atom. The molecule has 42 heavy (non-hydrogen) atoms. The molecule has 12 nitrogen and oxygen atoms in total. The van der Waals surface area contributed by atoms with Gasteiger partial charge in [-0.05, 0) is 31.2 Å². The number of fused-ring (bicyclic) bond motifs is 1. The van der Waals surface area contributed by atoms with Gasteiger partial charge in [0.25, 0.3) is 0 Å². The number of aliphatic hydroxyl groups is 3. The van der Waals surface area contributed by atoms with Gasteiger partial charge in [0.1, 0.15) is 18.0 Å². The van der Waals surface area contributed by atoms with Crippen molar-refractivity contribution in [2.45, 2.75) is 82.5 Å². The first-order valence-corrected chi connectivity index (χ1v) is 14.8. The summed E-state index contributed by atoms with van der Waals surface area (Å²) in [5.74, 6) is 2.34. The molecule has 1 saturated heterocycles. The van der Waals surface area contributed by atoms with Crippen LogP contribution in [0.4, 0.5) is 11.8 Å². The van der Waals surface area contributed by atoms with Gasteiger partial charge in [-0.15, -0.1) is 0 Å². The maximum Gasteiger partial charge on any atom is 0.227 e. The molecule has 1 aromatic carbocycles. The van der Waals surface area contributed by atoms with E-state index < -0.39 is 24.5 Å². The van der Waals surface area contributed by atoms with Crippen molar-refractivity contribution in [3.63, 3.8) is 0 Å². The van der Waals surface area contributed by atoms with Gasteiger partial charge in [0, 0.05) is 6.54 Å². The van der Waals surface area contributed by atoms with Crippen LogP contribution in [-0.2, 0) is 11.2 Å². The number of aliphatic hydroxyl groups excluding tert-OH is 3. The Hall–Kier alpha value is -3.58. The molecule has 12 heteroatoms. The summed E-state index contributed by atoms with van der Waals surface area (Å²) in [4.78, 5) is 18.3. The first-order chi connectivity index (χ1) is 20.5. The third-order valence-corrected chi connectivity index (χ3v) is 8.26. The van der Waals surface area contributed by atoms with Crippen LogP contribution >= 0.6 is 0 Å². The lowest BCUT2D eigenvalue weighted by atomic mass is 9.87. The molecule has 1 saturated carbocycles. The van der Waals surface area contributed by atoms with E-state index in [-0.39, 0.29) is 18.5 Å². The van der Waals surface area contributed by atoms with E-state index in [1.165, 1.54) is 38.4 Å². The predicted molar refractivity (Wildman–Crippen MR) is 156 cm³/mol. The number of anilines is 2. The van der Waals surface area contributed by atoms with Crippen LogP contribution in [0, 0.1) is 12.8 Å². The Morgan fingerprint density at radius 2 is 1.86 bits per heavy atom. The highest BCUT2D eigenvalue weighted by molar-refractivity contribution is 5.84. The van der Waals surface area contributed by atoms with Crippen molar-refractivity contribution >= 4 is 22.9 Å². The smallest absolute Gasteiger partial charge is 0.227 e. The number of benzene rings is 1. The molecule has 1 unspecified atom stereocenters. The van der Waals surface area contributed by atoms with Crippen LogP contribution in [0.5, 0.6) is 0 Å². The number of imidazole rings is 1. The van der Waals surface area contributed by atoms with Gasteiger partial charge in [0.2, 0.25) is 11.8 Å². The Labute approximate surface area is 244 Å². The van der Waals surface area contributed by atoms with E-state index in [9.17, 15) is 15.3 Å². The lowest BCUT2D eigenvalue weighted by Gasteiger charge is -2.22. The minimum atomic E-state index is -1.28. The summed E-state index contributed by atoms with van der Waals surface area (Å²) in [5.41, 5.74) is 2.02. The minimum Gasteiger partial charge on any atom is -0.443 e. The molecule has 4 heterocycles. The summed E-state index contributed by atoms with van der Waals surface area (Å²) >= 11 is 0. The second kappa shape index (κ2) is 12.7. The van der Waals surface area contributed by atoms with Gasteiger partial charge in [-0.25, -0.2) is 9.97 Å². The zero-order chi connectivity index (χ0) is 29.1. The molecule has 0 amide bonds. The summed E-state index contributed by atoms with van der Waals surface area (Å²) in [6.45, 7) is 2.37. The fraction of sp³-hybridized carbons (Fsp3) is 0.533. The second-order valence-corrected chi connectivity index (χ2v) is 11.4. The molecular formula is C30H39N7O5. The number of nitrogens with one attached hydrogen (secondary N) is 2. The summed E-state index contributed by atoms with van der Waals surface area (Å²) in [6, 6.07) is 9.58. The van der Waals surface area contributed by atoms with Crippen LogP contribution in [0.15, 0.2) is 47.3 Å². The number of rotatable bonds is 11. The molecule has 0 radical (unpaired) electrons. The van der Waals surface area contributed by atoms with Crippen LogP contribution in [0.1, 0.15) is 68.1 Å². The van der Waals surface area contributed by atoms with Crippen molar-refractivity contribution in [3.8, 4) is 0 Å². The molecule has 1 aliphatic heterocycles. The lowest BCUT2D eigenvalue weighted by Crippen LogP contribution is -2.29. The number of hydrogen-bond acceptors (Lipinski definition) is 11. The molecule has 0 spiro atoms. The van der Waals surface area contributed by atoms with Crippen molar-refractivity contribution in [2.75, 3.05) is 23.8 Å². The van der Waals surface area contributed by atoms with Crippen LogP contribution in [-0.4, -0.2) is 71.2 Å². The van der Waals surface area contributed by atoms with Crippen molar-refractivity contribution in [2.24, 2.45) is 5.92 Å². The number of aryl methyl sites for hydroxylation is 1. The van der Waals surface area contributed by atoms with E-state index in [0.29, 0.717) is 41.0 Å². The van der Waals surface area contributed by atoms with Gasteiger partial charge in [-0.3, -0.25) is 4.57 Å². The van der Waals surface area contributed by atoms with Gasteiger partial charge in [0.05, 0.1) is 25.2 Å². The molecule has 224 valence electrons. The SMILES string of the molecule is Cc1cnc([C@H]2O[C@@H](n3cnc4c(NCCC5CCCCC5)nc(NC(CO)Cc5ccccc5)nc43)[C@H](O)[C@@H]2O)o1. The van der Waals surface area contributed by atoms with Crippen LogP contribution in [0.25, 0.3) is 11.2 Å². The molecule has 1 aliphatic carbocycles. The quantitative estimate of drug-likeness (QED) is 0.177. The van der Waals surface area contributed by atoms with E-state index in [1.54, 1.807) is 17.7 Å². The Bertz CT molecular complexity index is 1460. The Kier molecular flexibility index (Phi) is 8.66. The molecule has 6 rings (SSSR count). The van der Waals surface area contributed by atoms with Crippen molar-refractivity contribution in [3.05, 3.63) is 60.1 Å². The van der Waals surface area contributed by atoms with E-state index in [0.717, 1.165) is 18.5 Å². The Balaban J connectivity index is 1.29. The average Bonchev–Trinajstić information content (AvgIpc) is 3.71. The van der Waals surface area contributed by atoms with Gasteiger partial charge in [0.15, 0.2) is 29.3 Å². The topological polar surface area (TPSA) is 164 Å². The highest BCUT2D eigenvalue weighted by Gasteiger charge is 2.47. The molecule has 3 aromatic heterocycles. The summed E-state index contributed by atoms with van der Waals surface area (Å²) in [6.07, 6.45) is 6.61. The second-order valence-electron chi connectivity index (χ2n) is 11.4. The van der Waals surface area contributed by atoms with Gasteiger partial charge < -0.3 is 35.1 Å². The zero-order valence-corrected chi connectivity index (χ0v) is 23.8. The van der Waals surface area contributed by atoms with E-state index in [2.05, 4.69) is 20.6 Å². The van der Waals surface area contributed by atoms with Crippen molar-refractivity contribution < 1.29 is 24.5 Å². The monoisotopic (exact) mass is 577 g/mol. The molecule has 5 atom stereocenters. The average molecular weight is 578 g/mol. The van der Waals surface area contributed by atoms with E-state index in [1.807, 2.05) is 30.3 Å². The first-order valence-electron chi connectivity index (χ1n) is 14.8. The maximum absolute atomic E-state index is 11.0. The molecule has 4 aromatic rings. The molecule has 5 N–H and O–H groups in total. The number of oxazole rings is 1. The fourth-order valence-electron chi connectivity index (χ4n) is 6.00. The third-order valence-electron chi connectivity index (χ3n) is 8.26. The van der Waals surface area contributed by atoms with Crippen molar-refractivity contribution in [1.29, 1.82) is 0 Å². The van der Waals surface area contributed by atoms with E-state index in [4.69, 9.17) is 19.1 Å². The first kappa shape index (κ1) is 28.5. The maximum atomic E-state index is 11.0. The van der Waals surface area contributed by atoms with Crippen LogP contribution < -0.4 is 10.6 Å². The summed E-state index contributed by atoms with van der Waals surface area (Å²) < 4.78 is 13.3. The van der Waals surface area contributed by atoms with Crippen LogP contribution in [0.2, 0.25) is 0 Å². The third kappa shape index (κ3) is 6.12. The molecular weight excluding hydrogens is 538 g/mol. The number of ether oxygens (including phenoxy) is 1. The number of aromatic nitrogens is 5. The van der Waals surface area contributed by atoms with Crippen molar-refractivity contribution in [1.82, 2.24) is 24.5 Å². The van der Waals surface area contributed by atoms with E-state index >= 15 is 0 Å². The number of nitrogens with zero attached hydrogens (tertiary/aromatic N) is 5. The van der Waals surface area contributed by atoms with Crippen LogP contribution in [0.3, 0.4) is 0 Å². The summed E-state index contributed by atoms with van der Waals surface area (Å²) in [7, 11) is 0. The highest BCUT2D eigenvalue weighted by atomic mass is 16.6. The Morgan fingerprint density at radius 3 is 2.60 bits per heavy atom. The largest absolute Gasteiger partial charge is 0.443 e. The highest BCUT2D eigenvalue weighted by Crippen LogP contribution is 2.40. The molecule has 2 fully saturated rings. The predicted octanol–water partition coefficient (Wildman–Crippen LogP) is 3.51. The summed E-state index contributed by atoms with van der Waals surface area (Å²) in [5, 5.41) is 38.7. The fourth-order valence-corrected chi connectivity index (χ4v) is 6.00. The zero-order valence-electron chi connectivity index (χ0n) is 23.8. The minimum absolute atomic E-state index is 0.117. The number of hydrogen-bond donors (Lipinski definition) is 5. The molecule has 0 bridgehead atoms. The van der Waals surface area contributed by atoms with Gasteiger partial charge >= 0.3 is 0 Å². The van der Waals surface area contributed by atoms with Gasteiger partial charge in [-0.2, -0.15) is 9.97 Å². The van der Waals surface area contributed by atoms with Gasteiger partial charge in [-0.1, -0.05) is 62.4 Å². The normalized spacial score (nSPS) is 23.8. The standard InChI is InChI=1S/C30H39N7O5/c1-18-15-32-28(41-18)25-23(39)24(40)29(42-25)37-17-33-22-26(31-13-12-19-8-4-2-5-9-19)35-30(36-27(22)37)34-21(16-38)14-20-10-6-3-7-11-20/h3,6-7,10-11,15,17,19,21,23-25,29,38-40H,2,4-5,8-9,12-14,16H2,1H3,(H2,31,34,35,36)/t21?,23-,24+,25-,29+/m0/s1. The molecule has 2 aliphatic rings.